The van der Waals surface area contributed by atoms with Crippen LogP contribution in [0.15, 0.2) is 121 Å². The van der Waals surface area contributed by atoms with E-state index in [9.17, 15) is 4.79 Å². The minimum absolute atomic E-state index is 0.0567. The number of benzene rings is 4. The molecule has 0 N–H and O–H groups in total. The van der Waals surface area contributed by atoms with Crippen molar-refractivity contribution in [3.8, 4) is 5.75 Å². The van der Waals surface area contributed by atoms with E-state index in [-0.39, 0.29) is 22.2 Å². The van der Waals surface area contributed by atoms with Crippen molar-refractivity contribution in [2.24, 2.45) is 5.41 Å². The number of hydrogen-bond donors (Lipinski definition) is 0. The Bertz CT molecular complexity index is 1270. The fraction of sp³-hybridized carbons (Fsp3) is 0.286. The van der Waals surface area contributed by atoms with Gasteiger partial charge in [-0.15, -0.1) is 0 Å². The van der Waals surface area contributed by atoms with E-state index in [0.717, 1.165) is 38.5 Å². The number of para-hydroxylation sites is 1. The Hall–Kier alpha value is -3.65. The summed E-state index contributed by atoms with van der Waals surface area (Å²) in [4.78, 5) is 14.4. The molecular formula is C35H32O2. The van der Waals surface area contributed by atoms with E-state index >= 15 is 0 Å². The molecule has 2 nitrogen and oxygen atoms in total. The predicted octanol–water partition coefficient (Wildman–Crippen LogP) is 7.77. The van der Waals surface area contributed by atoms with Gasteiger partial charge in [0.15, 0.2) is 0 Å². The van der Waals surface area contributed by atoms with Crippen LogP contribution in [-0.4, -0.2) is 5.97 Å². The summed E-state index contributed by atoms with van der Waals surface area (Å²) in [6.07, 6.45) is 5.76. The topological polar surface area (TPSA) is 26.3 Å². The van der Waals surface area contributed by atoms with Gasteiger partial charge in [0.1, 0.15) is 5.75 Å². The van der Waals surface area contributed by atoms with Crippen LogP contribution in [0.4, 0.5) is 0 Å². The molecule has 0 aliphatic heterocycles. The first-order valence-corrected chi connectivity index (χ1v) is 13.5. The Morgan fingerprint density at radius 2 is 0.784 bits per heavy atom. The third kappa shape index (κ3) is 3.49. The third-order valence-corrected chi connectivity index (χ3v) is 9.61. The monoisotopic (exact) mass is 484 g/mol. The molecule has 4 aliphatic carbocycles. The zero-order valence-electron chi connectivity index (χ0n) is 21.1. The van der Waals surface area contributed by atoms with Gasteiger partial charge in [0.2, 0.25) is 0 Å². The molecule has 0 atom stereocenters. The van der Waals surface area contributed by atoms with Crippen LogP contribution < -0.4 is 4.74 Å². The maximum Gasteiger partial charge on any atom is 0.317 e. The van der Waals surface area contributed by atoms with E-state index in [2.05, 4.69) is 91.0 Å². The summed E-state index contributed by atoms with van der Waals surface area (Å²) in [5.74, 6) is 0.582. The lowest BCUT2D eigenvalue weighted by atomic mass is 9.33. The van der Waals surface area contributed by atoms with Crippen LogP contribution in [0.2, 0.25) is 0 Å². The van der Waals surface area contributed by atoms with Gasteiger partial charge in [0.05, 0.1) is 5.41 Å². The number of rotatable bonds is 5. The van der Waals surface area contributed by atoms with E-state index in [4.69, 9.17) is 4.74 Å². The highest BCUT2D eigenvalue weighted by molar-refractivity contribution is 5.81. The van der Waals surface area contributed by atoms with E-state index < -0.39 is 5.41 Å². The van der Waals surface area contributed by atoms with Crippen LogP contribution in [0.1, 0.15) is 55.2 Å². The van der Waals surface area contributed by atoms with Crippen LogP contribution in [0.3, 0.4) is 0 Å². The normalized spacial score (nSPS) is 31.7. The molecule has 4 aromatic rings. The summed E-state index contributed by atoms with van der Waals surface area (Å²) in [6.45, 7) is 0. The van der Waals surface area contributed by atoms with Gasteiger partial charge in [0.25, 0.3) is 0 Å². The Kier molecular flexibility index (Phi) is 4.98. The minimum Gasteiger partial charge on any atom is -0.426 e. The Morgan fingerprint density at radius 1 is 0.459 bits per heavy atom. The Balaban J connectivity index is 1.45. The number of esters is 1. The van der Waals surface area contributed by atoms with Crippen molar-refractivity contribution >= 4 is 5.97 Å². The van der Waals surface area contributed by atoms with Crippen molar-refractivity contribution in [1.29, 1.82) is 0 Å². The van der Waals surface area contributed by atoms with Gasteiger partial charge in [-0.3, -0.25) is 4.79 Å². The highest BCUT2D eigenvalue weighted by atomic mass is 16.5. The van der Waals surface area contributed by atoms with Crippen molar-refractivity contribution in [3.63, 3.8) is 0 Å². The van der Waals surface area contributed by atoms with E-state index in [1.807, 2.05) is 30.3 Å². The van der Waals surface area contributed by atoms with Gasteiger partial charge in [-0.2, -0.15) is 0 Å². The molecule has 184 valence electrons. The second-order valence-corrected chi connectivity index (χ2v) is 12.0. The van der Waals surface area contributed by atoms with Crippen molar-refractivity contribution in [2.75, 3.05) is 0 Å². The van der Waals surface area contributed by atoms with E-state index in [1.54, 1.807) is 0 Å². The molecule has 4 bridgehead atoms. The number of ether oxygens (including phenoxy) is 1. The second kappa shape index (κ2) is 8.18. The van der Waals surface area contributed by atoms with Crippen molar-refractivity contribution in [3.05, 3.63) is 138 Å². The molecule has 37 heavy (non-hydrogen) atoms. The van der Waals surface area contributed by atoms with Crippen LogP contribution in [-0.2, 0) is 21.0 Å². The summed E-state index contributed by atoms with van der Waals surface area (Å²) in [6, 6.07) is 42.6. The molecule has 0 radical (unpaired) electrons. The minimum atomic E-state index is -0.549. The molecule has 4 fully saturated rings. The molecule has 0 aromatic heterocycles. The van der Waals surface area contributed by atoms with E-state index in [1.165, 1.54) is 16.7 Å². The lowest BCUT2D eigenvalue weighted by Gasteiger charge is -2.70. The first-order chi connectivity index (χ1) is 18.1. The standard InChI is InChI=1S/C35H32O2/c36-31(37-30-19-11-4-12-20-30)35-24-32(27-13-5-1-6-14-27)21-33(25-35,28-15-7-2-8-16-28)23-34(22-32,26-35)29-17-9-3-10-18-29/h1-20H,21-26H2. The molecule has 4 aromatic carbocycles. The number of carbonyl (C=O) groups excluding carboxylic acids is 1. The first kappa shape index (κ1) is 22.5. The molecular weight excluding hydrogens is 452 g/mol. The molecule has 4 saturated carbocycles. The fourth-order valence-electron chi connectivity index (χ4n) is 8.85. The smallest absolute Gasteiger partial charge is 0.317 e. The van der Waals surface area contributed by atoms with Gasteiger partial charge >= 0.3 is 5.97 Å². The summed E-state index contributed by atoms with van der Waals surface area (Å²) in [7, 11) is 0. The number of hydrogen-bond acceptors (Lipinski definition) is 2. The maximum atomic E-state index is 14.4. The molecule has 8 rings (SSSR count). The van der Waals surface area contributed by atoms with Gasteiger partial charge in [-0.1, -0.05) is 109 Å². The quantitative estimate of drug-likeness (QED) is 0.214. The molecule has 0 saturated heterocycles. The summed E-state index contributed by atoms with van der Waals surface area (Å²) >= 11 is 0. The van der Waals surface area contributed by atoms with Gasteiger partial charge in [0, 0.05) is 0 Å². The molecule has 2 heteroatoms. The lowest BCUT2D eigenvalue weighted by Crippen LogP contribution is -2.68. The SMILES string of the molecule is O=C(Oc1ccccc1)C12CC3(c4ccccc4)CC(c4ccccc4)(C1)CC(c1ccccc1)(C2)C3. The van der Waals surface area contributed by atoms with Gasteiger partial charge in [-0.05, 0) is 83.6 Å². The van der Waals surface area contributed by atoms with Crippen molar-refractivity contribution < 1.29 is 9.53 Å². The summed E-state index contributed by atoms with van der Waals surface area (Å²) < 4.78 is 6.20. The summed E-state index contributed by atoms with van der Waals surface area (Å²) in [5.41, 5.74) is 3.29. The number of carbonyl (C=O) groups is 1. The average molecular weight is 485 g/mol. The fourth-order valence-corrected chi connectivity index (χ4v) is 8.85. The third-order valence-electron chi connectivity index (χ3n) is 9.61. The zero-order valence-corrected chi connectivity index (χ0v) is 21.1. The molecule has 0 spiro atoms. The molecule has 0 unspecified atom stereocenters. The second-order valence-electron chi connectivity index (χ2n) is 12.0. The van der Waals surface area contributed by atoms with Crippen LogP contribution >= 0.6 is 0 Å². The highest BCUT2D eigenvalue weighted by Gasteiger charge is 2.71. The van der Waals surface area contributed by atoms with Crippen molar-refractivity contribution in [2.45, 2.75) is 54.8 Å². The highest BCUT2D eigenvalue weighted by Crippen LogP contribution is 2.74. The Labute approximate surface area is 219 Å². The molecule has 0 heterocycles. The Morgan fingerprint density at radius 3 is 1.14 bits per heavy atom. The van der Waals surface area contributed by atoms with Crippen LogP contribution in [0.5, 0.6) is 5.75 Å². The first-order valence-electron chi connectivity index (χ1n) is 13.5. The lowest BCUT2D eigenvalue weighted by molar-refractivity contribution is -0.171. The largest absolute Gasteiger partial charge is 0.426 e. The predicted molar refractivity (Wildman–Crippen MR) is 147 cm³/mol. The zero-order chi connectivity index (χ0) is 25.0. The van der Waals surface area contributed by atoms with Crippen LogP contribution in [0.25, 0.3) is 0 Å². The molecule has 4 aliphatic rings. The average Bonchev–Trinajstić information content (AvgIpc) is 2.94. The van der Waals surface area contributed by atoms with Crippen LogP contribution in [0, 0.1) is 5.41 Å². The van der Waals surface area contributed by atoms with E-state index in [0.29, 0.717) is 5.75 Å². The van der Waals surface area contributed by atoms with Gasteiger partial charge in [-0.25, -0.2) is 0 Å². The maximum absolute atomic E-state index is 14.4. The van der Waals surface area contributed by atoms with Gasteiger partial charge < -0.3 is 4.74 Å². The summed E-state index contributed by atoms with van der Waals surface area (Å²) in [5, 5.41) is 0. The molecule has 0 amide bonds. The van der Waals surface area contributed by atoms with Crippen molar-refractivity contribution in [1.82, 2.24) is 0 Å².